The van der Waals surface area contributed by atoms with Gasteiger partial charge in [-0.3, -0.25) is 4.98 Å². The summed E-state index contributed by atoms with van der Waals surface area (Å²) in [6.07, 6.45) is -2.95. The highest BCUT2D eigenvalue weighted by molar-refractivity contribution is 6.31. The van der Waals surface area contributed by atoms with E-state index >= 15 is 0 Å². The van der Waals surface area contributed by atoms with E-state index in [0.717, 1.165) is 22.7 Å². The summed E-state index contributed by atoms with van der Waals surface area (Å²) in [6, 6.07) is 12.6. The third-order valence-corrected chi connectivity index (χ3v) is 6.25. The number of hydrogen-bond donors (Lipinski definition) is 2. The monoisotopic (exact) mass is 530 g/mol. The van der Waals surface area contributed by atoms with E-state index < -0.39 is 11.9 Å². The number of aromatic nitrogens is 3. The maximum Gasteiger partial charge on any atom is 0.433 e. The molecule has 37 heavy (non-hydrogen) atoms. The fourth-order valence-electron chi connectivity index (χ4n) is 4.26. The van der Waals surface area contributed by atoms with Crippen molar-refractivity contribution < 1.29 is 23.0 Å². The van der Waals surface area contributed by atoms with Gasteiger partial charge >= 0.3 is 6.18 Å². The number of nitrogens with zero attached hydrogens (tertiary/aromatic N) is 5. The first kappa shape index (κ1) is 24.7. The predicted octanol–water partition coefficient (Wildman–Crippen LogP) is 5.48. The van der Waals surface area contributed by atoms with Gasteiger partial charge < -0.3 is 25.0 Å². The molecule has 0 atom stereocenters. The van der Waals surface area contributed by atoms with Crippen molar-refractivity contribution in [1.82, 2.24) is 15.0 Å². The van der Waals surface area contributed by atoms with Gasteiger partial charge in [-0.1, -0.05) is 11.6 Å². The van der Waals surface area contributed by atoms with E-state index in [1.54, 1.807) is 17.2 Å². The summed E-state index contributed by atoms with van der Waals surface area (Å²) in [5.74, 6) is 0.132. The van der Waals surface area contributed by atoms with E-state index in [1.807, 2.05) is 18.2 Å². The maximum absolute atomic E-state index is 13.7. The Morgan fingerprint density at radius 1 is 0.973 bits per heavy atom. The number of phenols is 1. The Kier molecular flexibility index (Phi) is 6.55. The first-order valence-electron chi connectivity index (χ1n) is 11.3. The molecule has 12 heteroatoms. The van der Waals surface area contributed by atoms with Crippen molar-refractivity contribution >= 4 is 45.6 Å². The lowest BCUT2D eigenvalue weighted by Crippen LogP contribution is -2.47. The van der Waals surface area contributed by atoms with Gasteiger partial charge in [0.15, 0.2) is 5.69 Å². The minimum atomic E-state index is -4.66. The fourth-order valence-corrected chi connectivity index (χ4v) is 4.42. The molecule has 2 aromatic heterocycles. The van der Waals surface area contributed by atoms with Gasteiger partial charge in [-0.05, 0) is 24.3 Å². The molecule has 0 amide bonds. The van der Waals surface area contributed by atoms with Crippen LogP contribution in [-0.2, 0) is 6.18 Å². The summed E-state index contributed by atoms with van der Waals surface area (Å²) in [4.78, 5) is 16.3. The summed E-state index contributed by atoms with van der Waals surface area (Å²) in [5.41, 5.74) is 0.987. The maximum atomic E-state index is 13.7. The van der Waals surface area contributed by atoms with Gasteiger partial charge in [0.05, 0.1) is 12.6 Å². The van der Waals surface area contributed by atoms with E-state index in [0.29, 0.717) is 37.0 Å². The third-order valence-electron chi connectivity index (χ3n) is 6.01. The van der Waals surface area contributed by atoms with Gasteiger partial charge in [-0.25, -0.2) is 4.98 Å². The summed E-state index contributed by atoms with van der Waals surface area (Å²) in [6.45, 7) is 2.04. The summed E-state index contributed by atoms with van der Waals surface area (Å²) < 4.78 is 46.1. The number of phenolic OH excluding ortho intramolecular Hbond substituents is 1. The Balaban J connectivity index is 1.39. The molecule has 4 aromatic rings. The summed E-state index contributed by atoms with van der Waals surface area (Å²) in [7, 11) is 1.42. The van der Waals surface area contributed by atoms with E-state index in [4.69, 9.17) is 16.3 Å². The van der Waals surface area contributed by atoms with Crippen LogP contribution in [-0.4, -0.2) is 53.3 Å². The van der Waals surface area contributed by atoms with Crippen molar-refractivity contribution in [3.05, 3.63) is 65.4 Å². The Morgan fingerprint density at radius 3 is 2.46 bits per heavy atom. The number of benzene rings is 2. The van der Waals surface area contributed by atoms with Crippen molar-refractivity contribution in [3.8, 4) is 11.5 Å². The number of fused-ring (bicyclic) bond motifs is 1. The quantitative estimate of drug-likeness (QED) is 0.351. The minimum absolute atomic E-state index is 0.115. The second-order valence-electron chi connectivity index (χ2n) is 8.44. The Morgan fingerprint density at radius 2 is 1.73 bits per heavy atom. The summed E-state index contributed by atoms with van der Waals surface area (Å²) >= 11 is 6.10. The van der Waals surface area contributed by atoms with Crippen LogP contribution >= 0.6 is 11.6 Å². The van der Waals surface area contributed by atoms with Crippen molar-refractivity contribution in [2.24, 2.45) is 0 Å². The highest BCUT2D eigenvalue weighted by Crippen LogP contribution is 2.33. The third kappa shape index (κ3) is 5.41. The van der Waals surface area contributed by atoms with Gasteiger partial charge in [-0.15, -0.1) is 0 Å². The standard InChI is InChI=1S/C25H22ClF3N6O2/c1-37-18-12-16(11-17(36)13-18)31-24-32-22(25(27,28)29)14-23(33-24)35-8-6-34(7-9-35)21-4-5-30-20-10-15(26)2-3-19(20)21/h2-5,10-14,36H,6-9H2,1H3,(H,31,32,33). The number of nitrogens with one attached hydrogen (secondary N) is 1. The number of halogens is 4. The first-order valence-corrected chi connectivity index (χ1v) is 11.7. The minimum Gasteiger partial charge on any atom is -0.508 e. The Labute approximate surface area is 215 Å². The Hall–Kier alpha value is -3.99. The topological polar surface area (TPSA) is 86.6 Å². The molecule has 8 nitrogen and oxygen atoms in total. The van der Waals surface area contributed by atoms with E-state index in [9.17, 15) is 18.3 Å². The zero-order chi connectivity index (χ0) is 26.2. The largest absolute Gasteiger partial charge is 0.508 e. The normalized spacial score (nSPS) is 14.2. The van der Waals surface area contributed by atoms with Crippen LogP contribution in [0.4, 0.5) is 36.3 Å². The highest BCUT2D eigenvalue weighted by Gasteiger charge is 2.34. The molecule has 2 aromatic carbocycles. The van der Waals surface area contributed by atoms with E-state index in [1.165, 1.54) is 25.3 Å². The van der Waals surface area contributed by atoms with Gasteiger partial charge in [0.2, 0.25) is 5.95 Å². The molecule has 1 saturated heterocycles. The van der Waals surface area contributed by atoms with Crippen LogP contribution in [0.5, 0.6) is 11.5 Å². The molecule has 1 aliphatic heterocycles. The smallest absolute Gasteiger partial charge is 0.433 e. The van der Waals surface area contributed by atoms with Gasteiger partial charge in [0.1, 0.15) is 17.3 Å². The van der Waals surface area contributed by atoms with Crippen LogP contribution < -0.4 is 19.9 Å². The molecule has 0 aliphatic carbocycles. The zero-order valence-corrected chi connectivity index (χ0v) is 20.4. The van der Waals surface area contributed by atoms with E-state index in [2.05, 4.69) is 25.2 Å². The van der Waals surface area contributed by atoms with Crippen LogP contribution in [0.1, 0.15) is 5.69 Å². The van der Waals surface area contributed by atoms with Crippen molar-refractivity contribution in [3.63, 3.8) is 0 Å². The SMILES string of the molecule is COc1cc(O)cc(Nc2nc(N3CCN(c4ccnc5cc(Cl)ccc45)CC3)cc(C(F)(F)F)n2)c1. The molecule has 5 rings (SSSR count). The van der Waals surface area contributed by atoms with E-state index in [-0.39, 0.29) is 23.2 Å². The lowest BCUT2D eigenvalue weighted by molar-refractivity contribution is -0.141. The second kappa shape index (κ2) is 9.81. The molecule has 3 heterocycles. The molecule has 1 aliphatic rings. The highest BCUT2D eigenvalue weighted by atomic mass is 35.5. The number of hydrogen-bond acceptors (Lipinski definition) is 8. The fraction of sp³-hybridized carbons (Fsp3) is 0.240. The van der Waals surface area contributed by atoms with Gasteiger partial charge in [0.25, 0.3) is 0 Å². The molecule has 1 fully saturated rings. The molecule has 0 spiro atoms. The molecule has 0 radical (unpaired) electrons. The average molecular weight is 531 g/mol. The van der Waals surface area contributed by atoms with Crippen molar-refractivity contribution in [2.75, 3.05) is 48.4 Å². The predicted molar refractivity (Wildman–Crippen MR) is 136 cm³/mol. The van der Waals surface area contributed by atoms with Crippen LogP contribution in [0.3, 0.4) is 0 Å². The van der Waals surface area contributed by atoms with Gasteiger partial charge in [-0.2, -0.15) is 18.2 Å². The molecule has 192 valence electrons. The first-order chi connectivity index (χ1) is 17.7. The van der Waals surface area contributed by atoms with Gasteiger partial charge in [0, 0.05) is 78.4 Å². The number of pyridine rings is 1. The lowest BCUT2D eigenvalue weighted by atomic mass is 10.1. The number of ether oxygens (including phenoxy) is 1. The number of piperazine rings is 1. The van der Waals surface area contributed by atoms with Crippen molar-refractivity contribution in [1.29, 1.82) is 0 Å². The summed E-state index contributed by atoms with van der Waals surface area (Å²) in [5, 5.41) is 14.2. The molecule has 0 bridgehead atoms. The molecule has 2 N–H and O–H groups in total. The molecular formula is C25H22ClF3N6O2. The number of aromatic hydroxyl groups is 1. The number of alkyl halides is 3. The average Bonchev–Trinajstić information content (AvgIpc) is 2.87. The van der Waals surface area contributed by atoms with Crippen LogP contribution in [0.2, 0.25) is 5.02 Å². The van der Waals surface area contributed by atoms with Crippen LogP contribution in [0.15, 0.2) is 54.7 Å². The molecule has 0 saturated carbocycles. The van der Waals surface area contributed by atoms with Crippen LogP contribution in [0, 0.1) is 0 Å². The second-order valence-corrected chi connectivity index (χ2v) is 8.88. The number of anilines is 4. The lowest BCUT2D eigenvalue weighted by Gasteiger charge is -2.37. The van der Waals surface area contributed by atoms with Crippen LogP contribution in [0.25, 0.3) is 10.9 Å². The Bertz CT molecular complexity index is 1440. The number of rotatable bonds is 5. The molecular weight excluding hydrogens is 509 g/mol. The number of methoxy groups -OCH3 is 1. The van der Waals surface area contributed by atoms with Crippen molar-refractivity contribution in [2.45, 2.75) is 6.18 Å². The zero-order valence-electron chi connectivity index (χ0n) is 19.6. The molecule has 0 unspecified atom stereocenters.